The number of sulfone groups is 1. The number of sulfonamides is 1. The summed E-state index contributed by atoms with van der Waals surface area (Å²) in [6.07, 6.45) is 3.93. The van der Waals surface area contributed by atoms with E-state index in [-0.39, 0.29) is 23.5 Å². The molecule has 7 rings (SSSR count). The van der Waals surface area contributed by atoms with E-state index >= 15 is 0 Å². The van der Waals surface area contributed by atoms with E-state index in [4.69, 9.17) is 0 Å². The number of anilines is 3. The fourth-order valence-corrected chi connectivity index (χ4v) is 9.09. The van der Waals surface area contributed by atoms with Crippen molar-refractivity contribution >= 4 is 54.0 Å². The van der Waals surface area contributed by atoms with Crippen LogP contribution in [-0.2, 0) is 30.1 Å². The Morgan fingerprint density at radius 3 is 2.45 bits per heavy atom. The van der Waals surface area contributed by atoms with Crippen molar-refractivity contribution in [2.75, 3.05) is 59.3 Å². The van der Waals surface area contributed by atoms with E-state index in [0.29, 0.717) is 43.3 Å². The Morgan fingerprint density at radius 1 is 0.957 bits per heavy atom. The van der Waals surface area contributed by atoms with Gasteiger partial charge in [-0.3, -0.25) is 4.79 Å². The van der Waals surface area contributed by atoms with Crippen molar-refractivity contribution in [2.45, 2.75) is 31.7 Å². The number of carbonyl (C=O) groups excluding carboxylic acids is 1. The Kier molecular flexibility index (Phi) is 7.84. The number of aromatic nitrogens is 3. The zero-order valence-electron chi connectivity index (χ0n) is 26.3. The highest BCUT2D eigenvalue weighted by Gasteiger charge is 2.36. The van der Waals surface area contributed by atoms with Gasteiger partial charge in [0.15, 0.2) is 9.84 Å². The lowest BCUT2D eigenvalue weighted by Gasteiger charge is -2.27. The van der Waals surface area contributed by atoms with Crippen LogP contribution in [0.25, 0.3) is 22.3 Å². The van der Waals surface area contributed by atoms with E-state index < -0.39 is 25.3 Å². The molecule has 0 radical (unpaired) electrons. The third-order valence-corrected chi connectivity index (χ3v) is 12.7. The first-order valence-corrected chi connectivity index (χ1v) is 19.0. The lowest BCUT2D eigenvalue weighted by molar-refractivity contribution is -0.120. The maximum atomic E-state index is 13.6. The van der Waals surface area contributed by atoms with Crippen LogP contribution in [0.15, 0.2) is 72.4 Å². The number of hydrogen-bond donors (Lipinski definition) is 2. The number of carbonyl (C=O) groups is 1. The monoisotopic (exact) mass is 675 g/mol. The highest BCUT2D eigenvalue weighted by Crippen LogP contribution is 2.33. The molecular formula is C33H37N7O5S2. The van der Waals surface area contributed by atoms with Gasteiger partial charge in [-0.1, -0.05) is 30.3 Å². The molecule has 0 bridgehead atoms. The molecule has 3 aliphatic heterocycles. The molecule has 0 saturated carbocycles. The number of hydrogen-bond acceptors (Lipinski definition) is 9. The zero-order chi connectivity index (χ0) is 33.0. The molecule has 12 nitrogen and oxygen atoms in total. The Labute approximate surface area is 274 Å². The van der Waals surface area contributed by atoms with E-state index in [1.54, 1.807) is 10.4 Å². The van der Waals surface area contributed by atoms with Crippen LogP contribution in [0.1, 0.15) is 25.8 Å². The van der Waals surface area contributed by atoms with E-state index in [0.717, 1.165) is 40.9 Å². The quantitative estimate of drug-likeness (QED) is 0.300. The number of amides is 1. The number of rotatable bonds is 7. The van der Waals surface area contributed by atoms with Gasteiger partial charge in [-0.15, -0.1) is 0 Å². The van der Waals surface area contributed by atoms with Gasteiger partial charge in [0.1, 0.15) is 17.8 Å². The Bertz CT molecular complexity index is 2080. The minimum Gasteiger partial charge on any atom is -0.370 e. The number of fused-ring (bicyclic) bond motifs is 1. The van der Waals surface area contributed by atoms with Gasteiger partial charge in [0.05, 0.1) is 22.3 Å². The van der Waals surface area contributed by atoms with Crippen LogP contribution in [-0.4, -0.2) is 92.3 Å². The van der Waals surface area contributed by atoms with Crippen molar-refractivity contribution in [3.05, 3.63) is 78.0 Å². The molecule has 3 aliphatic rings. The summed E-state index contributed by atoms with van der Waals surface area (Å²) in [4.78, 5) is 29.9. The molecule has 14 heteroatoms. The summed E-state index contributed by atoms with van der Waals surface area (Å²) >= 11 is 0. The fraction of sp³-hybridized carbons (Fsp3) is 0.364. The third kappa shape index (κ3) is 6.12. The van der Waals surface area contributed by atoms with E-state index in [1.807, 2.05) is 73.3 Å². The van der Waals surface area contributed by atoms with Crippen molar-refractivity contribution in [1.82, 2.24) is 19.3 Å². The minimum atomic E-state index is -3.34. The summed E-state index contributed by atoms with van der Waals surface area (Å²) in [5, 5.41) is 5.17. The summed E-state index contributed by atoms with van der Waals surface area (Å²) in [7, 11) is -6.35. The minimum absolute atomic E-state index is 0.0758. The van der Waals surface area contributed by atoms with Crippen molar-refractivity contribution in [2.24, 2.45) is 0 Å². The van der Waals surface area contributed by atoms with Crippen LogP contribution in [0, 0.1) is 0 Å². The first-order valence-electron chi connectivity index (χ1n) is 15.6. The van der Waals surface area contributed by atoms with Crippen LogP contribution in [0.2, 0.25) is 0 Å². The van der Waals surface area contributed by atoms with E-state index in [1.165, 1.54) is 11.7 Å². The van der Waals surface area contributed by atoms with Gasteiger partial charge in [0, 0.05) is 61.2 Å². The average Bonchev–Trinajstić information content (AvgIpc) is 3.79. The second-order valence-corrected chi connectivity index (χ2v) is 16.9. The number of H-pyrrole nitrogens is 1. The summed E-state index contributed by atoms with van der Waals surface area (Å²) in [6.45, 7) is 6.35. The SMILES string of the molecule is CC(C)(C(=O)Nc1ccc(-c2cc3c(N4CCS(=O)(=O)CC4)ncnc3[nH]2)cc1)c1cccc(N2CC[C@H](N3CC=CS3(=O)=O)C2)c1. The Balaban J connectivity index is 1.03. The summed E-state index contributed by atoms with van der Waals surface area (Å²) in [5.41, 5.74) is 4.07. The van der Waals surface area contributed by atoms with Crippen LogP contribution in [0.5, 0.6) is 0 Å². The molecule has 0 aliphatic carbocycles. The molecule has 1 atom stereocenters. The molecule has 0 unspecified atom stereocenters. The van der Waals surface area contributed by atoms with Gasteiger partial charge in [-0.25, -0.2) is 26.8 Å². The Hall–Kier alpha value is -4.27. The van der Waals surface area contributed by atoms with Gasteiger partial charge in [0.25, 0.3) is 0 Å². The summed E-state index contributed by atoms with van der Waals surface area (Å²) < 4.78 is 50.1. The van der Waals surface area contributed by atoms with Gasteiger partial charge in [-0.2, -0.15) is 4.31 Å². The number of nitrogens with zero attached hydrogens (tertiary/aromatic N) is 5. The normalized spacial score (nSPS) is 21.0. The van der Waals surface area contributed by atoms with Crippen LogP contribution < -0.4 is 15.1 Å². The topological polar surface area (TPSA) is 149 Å². The number of aromatic amines is 1. The van der Waals surface area contributed by atoms with Crippen LogP contribution in [0.4, 0.5) is 17.2 Å². The van der Waals surface area contributed by atoms with E-state index in [9.17, 15) is 21.6 Å². The van der Waals surface area contributed by atoms with Gasteiger partial charge in [0.2, 0.25) is 15.9 Å². The number of benzene rings is 2. The molecule has 246 valence electrons. The lowest BCUT2D eigenvalue weighted by Crippen LogP contribution is -2.40. The molecular weight excluding hydrogens is 639 g/mol. The second kappa shape index (κ2) is 11.8. The smallest absolute Gasteiger partial charge is 0.236 e. The van der Waals surface area contributed by atoms with Crippen LogP contribution >= 0.6 is 0 Å². The molecule has 0 spiro atoms. The van der Waals surface area contributed by atoms with Crippen molar-refractivity contribution < 1.29 is 21.6 Å². The summed E-state index contributed by atoms with van der Waals surface area (Å²) in [5.74, 6) is 0.777. The van der Waals surface area contributed by atoms with Gasteiger partial charge in [-0.05, 0) is 61.7 Å². The standard InChI is InChI=1S/C33H37N7O5S2/c1-33(2,24-5-3-6-26(19-24)39-13-11-27(21-39)40-12-4-16-47(40,44)45)32(41)36-25-9-7-23(8-10-25)29-20-28-30(37-29)34-22-35-31(28)38-14-17-46(42,43)18-15-38/h3-10,16,19-20,22,27H,11-15,17-18,21H2,1-2H3,(H,36,41)(H,34,35,37)/t27-/m0/s1. The maximum Gasteiger partial charge on any atom is 0.236 e. The van der Waals surface area contributed by atoms with Crippen molar-refractivity contribution in [3.63, 3.8) is 0 Å². The number of nitrogens with one attached hydrogen (secondary N) is 2. The first kappa shape index (κ1) is 31.3. The van der Waals surface area contributed by atoms with E-state index in [2.05, 4.69) is 25.2 Å². The van der Waals surface area contributed by atoms with Crippen molar-refractivity contribution in [3.8, 4) is 11.3 Å². The largest absolute Gasteiger partial charge is 0.370 e. The highest BCUT2D eigenvalue weighted by molar-refractivity contribution is 7.92. The molecule has 5 heterocycles. The summed E-state index contributed by atoms with van der Waals surface area (Å²) in [6, 6.07) is 17.4. The molecule has 4 aromatic rings. The fourth-order valence-electron chi connectivity index (χ4n) is 6.52. The average molecular weight is 676 g/mol. The molecule has 2 aromatic heterocycles. The first-order chi connectivity index (χ1) is 22.4. The predicted molar refractivity (Wildman–Crippen MR) is 184 cm³/mol. The van der Waals surface area contributed by atoms with Gasteiger partial charge >= 0.3 is 0 Å². The second-order valence-electron chi connectivity index (χ2n) is 12.9. The Morgan fingerprint density at radius 2 is 1.72 bits per heavy atom. The molecule has 2 saturated heterocycles. The van der Waals surface area contributed by atoms with Gasteiger partial charge < -0.3 is 20.1 Å². The highest BCUT2D eigenvalue weighted by atomic mass is 32.2. The van der Waals surface area contributed by atoms with Crippen molar-refractivity contribution in [1.29, 1.82) is 0 Å². The molecule has 47 heavy (non-hydrogen) atoms. The molecule has 2 aromatic carbocycles. The lowest BCUT2D eigenvalue weighted by atomic mass is 9.83. The maximum absolute atomic E-state index is 13.6. The molecule has 2 fully saturated rings. The predicted octanol–water partition coefficient (Wildman–Crippen LogP) is 3.51. The third-order valence-electron chi connectivity index (χ3n) is 9.45. The zero-order valence-corrected chi connectivity index (χ0v) is 27.9. The van der Waals surface area contributed by atoms with Crippen LogP contribution in [0.3, 0.4) is 0 Å². The molecule has 2 N–H and O–H groups in total. The molecule has 1 amide bonds.